The number of esters is 1. The van der Waals surface area contributed by atoms with Crippen LogP contribution in [0.5, 0.6) is 0 Å². The van der Waals surface area contributed by atoms with E-state index in [1.807, 2.05) is 0 Å². The maximum absolute atomic E-state index is 13.1. The maximum atomic E-state index is 13.1. The number of hydrogen-bond acceptors (Lipinski definition) is 4. The van der Waals surface area contributed by atoms with E-state index < -0.39 is 23.4 Å². The third-order valence-corrected chi connectivity index (χ3v) is 3.11. The molecule has 1 heterocycles. The molecule has 0 saturated heterocycles. The van der Waals surface area contributed by atoms with Crippen molar-refractivity contribution in [3.05, 3.63) is 40.7 Å². The number of carbonyl (C=O) groups is 1. The fraction of sp³-hybridized carbons (Fsp3) is 0.167. The third-order valence-electron chi connectivity index (χ3n) is 2.22. The van der Waals surface area contributed by atoms with Gasteiger partial charge in [0.2, 0.25) is 0 Å². The molecule has 0 aliphatic carbocycles. The summed E-state index contributed by atoms with van der Waals surface area (Å²) in [4.78, 5) is 15.3. The molecular weight excluding hydrogens is 279 g/mol. The molecule has 1 aromatic carbocycles. The Morgan fingerprint density at radius 3 is 2.53 bits per heavy atom. The molecule has 100 valence electrons. The first-order valence-electron chi connectivity index (χ1n) is 5.30. The number of hydrogen-bond donors (Lipinski definition) is 0. The maximum Gasteiger partial charge on any atom is 0.357 e. The summed E-state index contributed by atoms with van der Waals surface area (Å²) in [6.07, 6.45) is 0. The molecule has 19 heavy (non-hydrogen) atoms. The Morgan fingerprint density at radius 2 is 1.95 bits per heavy atom. The second-order valence-corrected chi connectivity index (χ2v) is 4.37. The minimum atomic E-state index is -1.54. The Labute approximate surface area is 110 Å². The second-order valence-electron chi connectivity index (χ2n) is 3.51. The van der Waals surface area contributed by atoms with Gasteiger partial charge in [-0.2, -0.15) is 0 Å². The molecule has 0 N–H and O–H groups in total. The van der Waals surface area contributed by atoms with Crippen molar-refractivity contribution in [1.82, 2.24) is 4.98 Å². The minimum Gasteiger partial charge on any atom is -0.461 e. The van der Waals surface area contributed by atoms with E-state index in [4.69, 9.17) is 4.74 Å². The molecule has 0 spiro atoms. The van der Waals surface area contributed by atoms with Crippen LogP contribution in [0.4, 0.5) is 13.2 Å². The van der Waals surface area contributed by atoms with E-state index in [-0.39, 0.29) is 22.9 Å². The zero-order chi connectivity index (χ0) is 14.0. The molecule has 0 saturated carbocycles. The molecule has 3 nitrogen and oxygen atoms in total. The van der Waals surface area contributed by atoms with E-state index in [1.165, 1.54) is 5.38 Å². The first kappa shape index (κ1) is 13.5. The number of thiazole rings is 1. The smallest absolute Gasteiger partial charge is 0.357 e. The highest BCUT2D eigenvalue weighted by atomic mass is 32.1. The lowest BCUT2D eigenvalue weighted by atomic mass is 10.2. The van der Waals surface area contributed by atoms with Crippen LogP contribution in [0.1, 0.15) is 17.4 Å². The molecule has 0 aliphatic heterocycles. The van der Waals surface area contributed by atoms with E-state index in [2.05, 4.69) is 4.98 Å². The van der Waals surface area contributed by atoms with Crippen LogP contribution in [0.3, 0.4) is 0 Å². The van der Waals surface area contributed by atoms with Gasteiger partial charge in [0.25, 0.3) is 0 Å². The van der Waals surface area contributed by atoms with E-state index in [0.29, 0.717) is 0 Å². The van der Waals surface area contributed by atoms with Gasteiger partial charge in [0, 0.05) is 10.9 Å². The van der Waals surface area contributed by atoms with Gasteiger partial charge in [-0.05, 0) is 19.1 Å². The predicted octanol–water partition coefficient (Wildman–Crippen LogP) is 3.40. The van der Waals surface area contributed by atoms with E-state index in [0.717, 1.165) is 23.5 Å². The number of aromatic nitrogens is 1. The minimum absolute atomic E-state index is 0.0481. The molecule has 0 amide bonds. The Kier molecular flexibility index (Phi) is 3.84. The van der Waals surface area contributed by atoms with Crippen molar-refractivity contribution >= 4 is 17.3 Å². The zero-order valence-corrected chi connectivity index (χ0v) is 10.6. The van der Waals surface area contributed by atoms with E-state index in [1.54, 1.807) is 6.92 Å². The average Bonchev–Trinajstić information content (AvgIpc) is 2.85. The highest BCUT2D eigenvalue weighted by Gasteiger charge is 2.16. The normalized spacial score (nSPS) is 10.5. The molecule has 0 aliphatic rings. The summed E-state index contributed by atoms with van der Waals surface area (Å²) in [5.41, 5.74) is 0.115. The van der Waals surface area contributed by atoms with Crippen molar-refractivity contribution in [2.75, 3.05) is 6.61 Å². The Hall–Kier alpha value is -1.89. The van der Waals surface area contributed by atoms with Gasteiger partial charge in [-0.25, -0.2) is 22.9 Å². The van der Waals surface area contributed by atoms with Gasteiger partial charge in [0.05, 0.1) is 6.61 Å². The summed E-state index contributed by atoms with van der Waals surface area (Å²) < 4.78 is 43.7. The van der Waals surface area contributed by atoms with Crippen molar-refractivity contribution in [3.63, 3.8) is 0 Å². The quantitative estimate of drug-likeness (QED) is 0.641. The van der Waals surface area contributed by atoms with Crippen LogP contribution in [-0.2, 0) is 4.74 Å². The third kappa shape index (κ3) is 2.76. The molecule has 2 rings (SSSR count). The lowest BCUT2D eigenvalue weighted by Crippen LogP contribution is -2.04. The Morgan fingerprint density at radius 1 is 1.32 bits per heavy atom. The largest absolute Gasteiger partial charge is 0.461 e. The van der Waals surface area contributed by atoms with Crippen LogP contribution in [0.15, 0.2) is 17.5 Å². The lowest BCUT2D eigenvalue weighted by Gasteiger charge is -2.00. The molecule has 0 fully saturated rings. The van der Waals surface area contributed by atoms with Gasteiger partial charge in [0.15, 0.2) is 23.1 Å². The molecule has 0 atom stereocenters. The lowest BCUT2D eigenvalue weighted by molar-refractivity contribution is 0.0520. The van der Waals surface area contributed by atoms with Crippen LogP contribution in [0.2, 0.25) is 0 Å². The van der Waals surface area contributed by atoms with Crippen LogP contribution in [0.25, 0.3) is 10.6 Å². The van der Waals surface area contributed by atoms with Crippen LogP contribution in [0, 0.1) is 17.5 Å². The molecule has 2 aromatic rings. The number of nitrogens with zero attached hydrogens (tertiary/aromatic N) is 1. The van der Waals surface area contributed by atoms with Crippen molar-refractivity contribution in [2.24, 2.45) is 0 Å². The van der Waals surface area contributed by atoms with Crippen molar-refractivity contribution < 1.29 is 22.7 Å². The van der Waals surface area contributed by atoms with Gasteiger partial charge in [-0.1, -0.05) is 0 Å². The predicted molar refractivity (Wildman–Crippen MR) is 63.4 cm³/mol. The van der Waals surface area contributed by atoms with E-state index in [9.17, 15) is 18.0 Å². The Balaban J connectivity index is 2.35. The zero-order valence-electron chi connectivity index (χ0n) is 9.75. The monoisotopic (exact) mass is 287 g/mol. The number of benzene rings is 1. The van der Waals surface area contributed by atoms with Crippen molar-refractivity contribution in [2.45, 2.75) is 6.92 Å². The molecule has 0 unspecified atom stereocenters. The number of rotatable bonds is 3. The summed E-state index contributed by atoms with van der Waals surface area (Å²) in [6, 6.07) is 1.65. The van der Waals surface area contributed by atoms with Gasteiger partial charge in [0.1, 0.15) is 5.01 Å². The van der Waals surface area contributed by atoms with Crippen LogP contribution >= 0.6 is 11.3 Å². The molecule has 0 radical (unpaired) electrons. The van der Waals surface area contributed by atoms with Gasteiger partial charge in [-0.15, -0.1) is 11.3 Å². The molecule has 7 heteroatoms. The standard InChI is InChI=1S/C12H8F3NO2S/c1-2-18-12(17)9-5-19-11(16-9)6-3-7(13)10(15)8(14)4-6/h3-5H,2H2,1H3. The summed E-state index contributed by atoms with van der Waals surface area (Å²) in [7, 11) is 0. The van der Waals surface area contributed by atoms with Crippen LogP contribution < -0.4 is 0 Å². The number of halogens is 3. The first-order chi connectivity index (χ1) is 9.02. The van der Waals surface area contributed by atoms with Crippen LogP contribution in [-0.4, -0.2) is 17.6 Å². The van der Waals surface area contributed by atoms with Crippen molar-refractivity contribution in [1.29, 1.82) is 0 Å². The number of ether oxygens (including phenoxy) is 1. The molecule has 0 bridgehead atoms. The fourth-order valence-corrected chi connectivity index (χ4v) is 2.16. The van der Waals surface area contributed by atoms with Gasteiger partial charge in [-0.3, -0.25) is 0 Å². The summed E-state index contributed by atoms with van der Waals surface area (Å²) in [5.74, 6) is -4.76. The highest BCUT2D eigenvalue weighted by Crippen LogP contribution is 2.27. The van der Waals surface area contributed by atoms with E-state index >= 15 is 0 Å². The highest BCUT2D eigenvalue weighted by molar-refractivity contribution is 7.13. The fourth-order valence-electron chi connectivity index (χ4n) is 1.38. The molecular formula is C12H8F3NO2S. The average molecular weight is 287 g/mol. The second kappa shape index (κ2) is 5.40. The number of carbonyl (C=O) groups excluding carboxylic acids is 1. The summed E-state index contributed by atoms with van der Waals surface area (Å²) >= 11 is 1.01. The summed E-state index contributed by atoms with van der Waals surface area (Å²) in [6.45, 7) is 1.85. The summed E-state index contributed by atoms with van der Waals surface area (Å²) in [5, 5.41) is 1.62. The Bertz CT molecular complexity index is 604. The van der Waals surface area contributed by atoms with Gasteiger partial charge >= 0.3 is 5.97 Å². The topological polar surface area (TPSA) is 39.2 Å². The van der Waals surface area contributed by atoms with Gasteiger partial charge < -0.3 is 4.74 Å². The first-order valence-corrected chi connectivity index (χ1v) is 6.18. The molecule has 1 aromatic heterocycles. The SMILES string of the molecule is CCOC(=O)c1csc(-c2cc(F)c(F)c(F)c2)n1. The van der Waals surface area contributed by atoms with Crippen molar-refractivity contribution in [3.8, 4) is 10.6 Å².